The van der Waals surface area contributed by atoms with E-state index in [1.807, 2.05) is 12.1 Å². The molecule has 0 aliphatic heterocycles. The van der Waals surface area contributed by atoms with Crippen LogP contribution in [-0.4, -0.2) is 0 Å². The van der Waals surface area contributed by atoms with Gasteiger partial charge in [0.05, 0.1) is 0 Å². The molecule has 0 unspecified atom stereocenters. The fourth-order valence-electron chi connectivity index (χ4n) is 2.19. The highest BCUT2D eigenvalue weighted by Crippen LogP contribution is 2.15. The lowest BCUT2D eigenvalue weighted by molar-refractivity contribution is 0.690. The van der Waals surface area contributed by atoms with E-state index < -0.39 is 0 Å². The van der Waals surface area contributed by atoms with Crippen LogP contribution in [-0.2, 0) is 13.1 Å². The highest BCUT2D eigenvalue weighted by Gasteiger charge is 2.01. The first-order chi connectivity index (χ1) is 9.06. The number of nitrogen functional groups attached to an aromatic ring is 1. The van der Waals surface area contributed by atoms with Crippen molar-refractivity contribution in [3.63, 3.8) is 0 Å². The molecular weight excluding hydrogens is 232 g/mol. The summed E-state index contributed by atoms with van der Waals surface area (Å²) in [5.41, 5.74) is 13.2. The summed E-state index contributed by atoms with van der Waals surface area (Å²) in [7, 11) is 0. The first-order valence-corrected chi connectivity index (χ1v) is 6.68. The number of rotatable bonds is 4. The van der Waals surface area contributed by atoms with Gasteiger partial charge in [-0.2, -0.15) is 0 Å². The van der Waals surface area contributed by atoms with Crippen LogP contribution in [0.3, 0.4) is 0 Å². The Morgan fingerprint density at radius 3 is 2.16 bits per heavy atom. The molecule has 0 spiro atoms. The van der Waals surface area contributed by atoms with Gasteiger partial charge in [-0.25, -0.2) is 0 Å². The molecule has 2 aromatic carbocycles. The Morgan fingerprint density at radius 2 is 1.47 bits per heavy atom. The molecule has 3 N–H and O–H groups in total. The molecule has 2 rings (SSSR count). The van der Waals surface area contributed by atoms with Gasteiger partial charge in [-0.1, -0.05) is 24.3 Å². The van der Waals surface area contributed by atoms with Gasteiger partial charge in [0.2, 0.25) is 0 Å². The second-order valence-electron chi connectivity index (χ2n) is 5.21. The van der Waals surface area contributed by atoms with E-state index in [2.05, 4.69) is 50.4 Å². The maximum atomic E-state index is 5.68. The molecular formula is C17H22N2. The molecule has 0 aromatic heterocycles. The Labute approximate surface area is 115 Å². The number of aryl methyl sites for hydroxylation is 3. The van der Waals surface area contributed by atoms with Gasteiger partial charge in [0.1, 0.15) is 0 Å². The first-order valence-electron chi connectivity index (χ1n) is 6.68. The normalized spacial score (nSPS) is 10.7. The second kappa shape index (κ2) is 5.89. The second-order valence-corrected chi connectivity index (χ2v) is 5.21. The van der Waals surface area contributed by atoms with Gasteiger partial charge >= 0.3 is 0 Å². The van der Waals surface area contributed by atoms with Crippen LogP contribution in [0.5, 0.6) is 0 Å². The molecule has 2 aromatic rings. The highest BCUT2D eigenvalue weighted by atomic mass is 14.8. The van der Waals surface area contributed by atoms with Gasteiger partial charge in [0.25, 0.3) is 0 Å². The van der Waals surface area contributed by atoms with E-state index in [9.17, 15) is 0 Å². The van der Waals surface area contributed by atoms with Gasteiger partial charge in [0, 0.05) is 18.8 Å². The minimum absolute atomic E-state index is 0.814. The Balaban J connectivity index is 1.96. The van der Waals surface area contributed by atoms with Gasteiger partial charge in [-0.05, 0) is 60.7 Å². The average Bonchev–Trinajstić information content (AvgIpc) is 2.38. The Kier molecular flexibility index (Phi) is 4.23. The first kappa shape index (κ1) is 13.6. The average molecular weight is 254 g/mol. The third-order valence-electron chi connectivity index (χ3n) is 3.58. The summed E-state index contributed by atoms with van der Waals surface area (Å²) < 4.78 is 0. The lowest BCUT2D eigenvalue weighted by Gasteiger charge is -2.11. The molecule has 2 heteroatoms. The monoisotopic (exact) mass is 254 g/mol. The van der Waals surface area contributed by atoms with Crippen LogP contribution in [0.25, 0.3) is 0 Å². The van der Waals surface area contributed by atoms with Crippen LogP contribution in [0.2, 0.25) is 0 Å². The van der Waals surface area contributed by atoms with Crippen molar-refractivity contribution in [2.24, 2.45) is 0 Å². The number of hydrogen-bond acceptors (Lipinski definition) is 2. The lowest BCUT2D eigenvalue weighted by atomic mass is 10.0. The fraction of sp³-hybridized carbons (Fsp3) is 0.294. The molecule has 0 aliphatic rings. The van der Waals surface area contributed by atoms with E-state index in [0.717, 1.165) is 18.8 Å². The van der Waals surface area contributed by atoms with Crippen LogP contribution < -0.4 is 11.1 Å². The van der Waals surface area contributed by atoms with Gasteiger partial charge in [-0.3, -0.25) is 0 Å². The van der Waals surface area contributed by atoms with Crippen molar-refractivity contribution >= 4 is 5.69 Å². The van der Waals surface area contributed by atoms with E-state index in [-0.39, 0.29) is 0 Å². The Bertz CT molecular complexity index is 556. The minimum Gasteiger partial charge on any atom is -0.399 e. The third-order valence-corrected chi connectivity index (χ3v) is 3.58. The van der Waals surface area contributed by atoms with E-state index in [1.165, 1.54) is 27.8 Å². The van der Waals surface area contributed by atoms with Crippen LogP contribution in [0.4, 0.5) is 5.69 Å². The summed E-state index contributed by atoms with van der Waals surface area (Å²) in [4.78, 5) is 0. The molecule has 0 saturated carbocycles. The van der Waals surface area contributed by atoms with Crippen molar-refractivity contribution in [2.75, 3.05) is 5.73 Å². The van der Waals surface area contributed by atoms with Crippen molar-refractivity contribution < 1.29 is 0 Å². The minimum atomic E-state index is 0.814. The van der Waals surface area contributed by atoms with Crippen molar-refractivity contribution in [1.82, 2.24) is 5.32 Å². The Hall–Kier alpha value is -1.80. The number of hydrogen-bond donors (Lipinski definition) is 2. The SMILES string of the molecule is Cc1cc(C)c(CNCc2ccc(N)cc2)cc1C. The molecule has 0 aliphatic carbocycles. The van der Waals surface area contributed by atoms with Crippen LogP contribution in [0.15, 0.2) is 36.4 Å². The van der Waals surface area contributed by atoms with Crippen molar-refractivity contribution in [1.29, 1.82) is 0 Å². The molecule has 100 valence electrons. The standard InChI is InChI=1S/C17H22N2/c1-12-8-14(3)16(9-13(12)2)11-19-10-15-4-6-17(18)7-5-15/h4-9,19H,10-11,18H2,1-3H3. The highest BCUT2D eigenvalue weighted by molar-refractivity contribution is 5.39. The summed E-state index contributed by atoms with van der Waals surface area (Å²) in [6.45, 7) is 8.27. The predicted molar refractivity (Wildman–Crippen MR) is 82.1 cm³/mol. The van der Waals surface area contributed by atoms with E-state index in [1.54, 1.807) is 0 Å². The molecule has 0 fully saturated rings. The number of nitrogens with one attached hydrogen (secondary N) is 1. The summed E-state index contributed by atoms with van der Waals surface area (Å²) in [5.74, 6) is 0. The quantitative estimate of drug-likeness (QED) is 0.820. The zero-order valence-electron chi connectivity index (χ0n) is 12.0. The molecule has 0 bridgehead atoms. The van der Waals surface area contributed by atoms with Crippen molar-refractivity contribution in [2.45, 2.75) is 33.9 Å². The summed E-state index contributed by atoms with van der Waals surface area (Å²) in [5, 5.41) is 3.48. The predicted octanol–water partition coefficient (Wildman–Crippen LogP) is 3.48. The lowest BCUT2D eigenvalue weighted by Crippen LogP contribution is -2.13. The van der Waals surface area contributed by atoms with E-state index in [0.29, 0.717) is 0 Å². The third kappa shape index (κ3) is 3.58. The fourth-order valence-corrected chi connectivity index (χ4v) is 2.19. The summed E-state index contributed by atoms with van der Waals surface area (Å²) in [6, 6.07) is 12.6. The van der Waals surface area contributed by atoms with Crippen molar-refractivity contribution in [3.05, 3.63) is 64.2 Å². The summed E-state index contributed by atoms with van der Waals surface area (Å²) >= 11 is 0. The maximum Gasteiger partial charge on any atom is 0.0314 e. The number of benzene rings is 2. The molecule has 0 atom stereocenters. The Morgan fingerprint density at radius 1 is 0.842 bits per heavy atom. The molecule has 0 radical (unpaired) electrons. The molecule has 0 heterocycles. The zero-order valence-corrected chi connectivity index (χ0v) is 12.0. The van der Waals surface area contributed by atoms with Crippen LogP contribution in [0, 0.1) is 20.8 Å². The maximum absolute atomic E-state index is 5.68. The number of nitrogens with two attached hydrogens (primary N) is 1. The van der Waals surface area contributed by atoms with E-state index in [4.69, 9.17) is 5.73 Å². The smallest absolute Gasteiger partial charge is 0.0314 e. The van der Waals surface area contributed by atoms with Crippen molar-refractivity contribution in [3.8, 4) is 0 Å². The van der Waals surface area contributed by atoms with Gasteiger partial charge in [0.15, 0.2) is 0 Å². The molecule has 0 saturated heterocycles. The zero-order chi connectivity index (χ0) is 13.8. The summed E-state index contributed by atoms with van der Waals surface area (Å²) in [6.07, 6.45) is 0. The topological polar surface area (TPSA) is 38.0 Å². The molecule has 0 amide bonds. The number of anilines is 1. The van der Waals surface area contributed by atoms with Crippen LogP contribution in [0.1, 0.15) is 27.8 Å². The molecule has 2 nitrogen and oxygen atoms in total. The largest absolute Gasteiger partial charge is 0.399 e. The van der Waals surface area contributed by atoms with E-state index >= 15 is 0 Å². The van der Waals surface area contributed by atoms with Gasteiger partial charge < -0.3 is 11.1 Å². The molecule has 19 heavy (non-hydrogen) atoms. The van der Waals surface area contributed by atoms with Gasteiger partial charge in [-0.15, -0.1) is 0 Å². The van der Waals surface area contributed by atoms with Crippen LogP contribution >= 0.6 is 0 Å².